The number of halogens is 1. The lowest BCUT2D eigenvalue weighted by atomic mass is 10.1. The molecule has 0 aliphatic carbocycles. The van der Waals surface area contributed by atoms with Gasteiger partial charge in [-0.15, -0.1) is 0 Å². The number of benzene rings is 1. The lowest BCUT2D eigenvalue weighted by molar-refractivity contribution is -0.128. The van der Waals surface area contributed by atoms with Gasteiger partial charge in [-0.05, 0) is 11.5 Å². The number of amides is 1. The normalized spacial score (nSPS) is 19.7. The molecule has 0 saturated carbocycles. The van der Waals surface area contributed by atoms with Crippen molar-refractivity contribution in [3.63, 3.8) is 0 Å². The summed E-state index contributed by atoms with van der Waals surface area (Å²) in [6.45, 7) is 1.37. The molecule has 1 saturated heterocycles. The van der Waals surface area contributed by atoms with Crippen LogP contribution in [0.5, 0.6) is 0 Å². The molecule has 1 atom stereocenters. The Morgan fingerprint density at radius 2 is 2.17 bits per heavy atom. The van der Waals surface area contributed by atoms with Crippen molar-refractivity contribution >= 4 is 32.6 Å². The van der Waals surface area contributed by atoms with Gasteiger partial charge in [0.2, 0.25) is 5.91 Å². The van der Waals surface area contributed by atoms with E-state index in [2.05, 4.69) is 33.0 Å². The summed E-state index contributed by atoms with van der Waals surface area (Å²) in [7, 11) is 0. The second kappa shape index (κ2) is 4.69. The van der Waals surface area contributed by atoms with E-state index in [4.69, 9.17) is 0 Å². The maximum absolute atomic E-state index is 11.8. The first-order chi connectivity index (χ1) is 8.74. The lowest BCUT2D eigenvalue weighted by Gasteiger charge is -2.16. The maximum atomic E-state index is 11.8. The van der Waals surface area contributed by atoms with E-state index in [9.17, 15) is 4.79 Å². The molecule has 1 aromatic heterocycles. The number of likely N-dealkylation sites (tertiary alicyclic amines) is 1. The largest absolute Gasteiger partial charge is 0.336 e. The lowest BCUT2D eigenvalue weighted by Crippen LogP contribution is -2.25. The zero-order valence-corrected chi connectivity index (χ0v) is 11.4. The topological polar surface area (TPSA) is 33.2 Å². The SMILES string of the molecule is O=C1CC(Br)CN1Cc1nccc2ccccc12. The van der Waals surface area contributed by atoms with Crippen LogP contribution in [0.4, 0.5) is 0 Å². The predicted molar refractivity (Wildman–Crippen MR) is 74.5 cm³/mol. The van der Waals surface area contributed by atoms with Crippen LogP contribution in [-0.2, 0) is 11.3 Å². The molecule has 1 aliphatic rings. The Balaban J connectivity index is 1.93. The molecule has 0 bridgehead atoms. The second-order valence-electron chi connectivity index (χ2n) is 4.55. The van der Waals surface area contributed by atoms with Crippen LogP contribution in [0.15, 0.2) is 36.5 Å². The summed E-state index contributed by atoms with van der Waals surface area (Å²) in [4.78, 5) is 18.4. The average Bonchev–Trinajstić information content (AvgIpc) is 2.68. The van der Waals surface area contributed by atoms with Crippen molar-refractivity contribution < 1.29 is 4.79 Å². The number of pyridine rings is 1. The van der Waals surface area contributed by atoms with E-state index in [0.717, 1.165) is 17.6 Å². The Labute approximate surface area is 114 Å². The van der Waals surface area contributed by atoms with Crippen molar-refractivity contribution in [1.82, 2.24) is 9.88 Å². The van der Waals surface area contributed by atoms with Crippen LogP contribution in [0.3, 0.4) is 0 Å². The molecule has 2 aromatic rings. The number of nitrogens with zero attached hydrogens (tertiary/aromatic N) is 2. The minimum Gasteiger partial charge on any atom is -0.336 e. The van der Waals surface area contributed by atoms with Crippen LogP contribution < -0.4 is 0 Å². The summed E-state index contributed by atoms with van der Waals surface area (Å²) in [5.74, 6) is 0.201. The fourth-order valence-corrected chi connectivity index (χ4v) is 2.99. The van der Waals surface area contributed by atoms with Gasteiger partial charge < -0.3 is 4.90 Å². The smallest absolute Gasteiger partial charge is 0.224 e. The van der Waals surface area contributed by atoms with Gasteiger partial charge in [0.05, 0.1) is 12.2 Å². The van der Waals surface area contributed by atoms with Crippen LogP contribution >= 0.6 is 15.9 Å². The van der Waals surface area contributed by atoms with Gasteiger partial charge in [0.15, 0.2) is 0 Å². The van der Waals surface area contributed by atoms with Gasteiger partial charge in [-0.3, -0.25) is 9.78 Å². The molecular weight excluding hydrogens is 292 g/mol. The van der Waals surface area contributed by atoms with Crippen molar-refractivity contribution in [2.45, 2.75) is 17.8 Å². The summed E-state index contributed by atoms with van der Waals surface area (Å²) in [5, 5.41) is 2.30. The van der Waals surface area contributed by atoms with E-state index < -0.39 is 0 Å². The third-order valence-corrected chi connectivity index (χ3v) is 3.88. The number of fused-ring (bicyclic) bond motifs is 1. The van der Waals surface area contributed by atoms with E-state index in [1.165, 1.54) is 5.39 Å². The van der Waals surface area contributed by atoms with E-state index in [1.54, 1.807) is 0 Å². The zero-order valence-electron chi connectivity index (χ0n) is 9.84. The van der Waals surface area contributed by atoms with Crippen molar-refractivity contribution in [3.05, 3.63) is 42.2 Å². The van der Waals surface area contributed by atoms with Crippen LogP contribution in [0.2, 0.25) is 0 Å². The van der Waals surface area contributed by atoms with E-state index >= 15 is 0 Å². The first kappa shape index (κ1) is 11.7. The first-order valence-corrected chi connectivity index (χ1v) is 6.90. The number of hydrogen-bond acceptors (Lipinski definition) is 2. The molecule has 1 aromatic carbocycles. The van der Waals surface area contributed by atoms with Crippen LogP contribution in [0.1, 0.15) is 12.1 Å². The summed E-state index contributed by atoms with van der Waals surface area (Å²) in [6, 6.07) is 10.1. The summed E-state index contributed by atoms with van der Waals surface area (Å²) in [5.41, 5.74) is 0.975. The predicted octanol–water partition coefficient (Wildman–Crippen LogP) is 2.73. The highest BCUT2D eigenvalue weighted by atomic mass is 79.9. The number of carbonyl (C=O) groups is 1. The minimum atomic E-state index is 0.201. The number of hydrogen-bond donors (Lipinski definition) is 0. The quantitative estimate of drug-likeness (QED) is 0.799. The molecule has 0 spiro atoms. The number of alkyl halides is 1. The number of rotatable bonds is 2. The minimum absolute atomic E-state index is 0.201. The average molecular weight is 305 g/mol. The van der Waals surface area contributed by atoms with Gasteiger partial charge in [-0.25, -0.2) is 0 Å². The summed E-state index contributed by atoms with van der Waals surface area (Å²) in [6.07, 6.45) is 2.40. The Morgan fingerprint density at radius 1 is 1.33 bits per heavy atom. The molecule has 18 heavy (non-hydrogen) atoms. The Bertz CT molecular complexity index is 594. The Morgan fingerprint density at radius 3 is 2.94 bits per heavy atom. The van der Waals surface area contributed by atoms with Gasteiger partial charge in [-0.1, -0.05) is 40.2 Å². The highest BCUT2D eigenvalue weighted by Gasteiger charge is 2.28. The molecule has 1 amide bonds. The monoisotopic (exact) mass is 304 g/mol. The molecule has 0 radical (unpaired) electrons. The van der Waals surface area contributed by atoms with Gasteiger partial charge in [0.25, 0.3) is 0 Å². The molecular formula is C14H13BrN2O. The van der Waals surface area contributed by atoms with Crippen molar-refractivity contribution in [2.75, 3.05) is 6.54 Å². The standard InChI is InChI=1S/C14H13BrN2O/c15-11-7-14(18)17(8-11)9-13-12-4-2-1-3-10(12)5-6-16-13/h1-6,11H,7-9H2. The third kappa shape index (κ3) is 2.12. The molecule has 4 heteroatoms. The fourth-order valence-electron chi connectivity index (χ4n) is 2.37. The molecule has 1 aliphatic heterocycles. The highest BCUT2D eigenvalue weighted by Crippen LogP contribution is 2.23. The van der Waals surface area contributed by atoms with Crippen molar-refractivity contribution in [1.29, 1.82) is 0 Å². The van der Waals surface area contributed by atoms with Gasteiger partial charge in [0.1, 0.15) is 0 Å². The molecule has 1 unspecified atom stereocenters. The van der Waals surface area contributed by atoms with Crippen LogP contribution in [-0.4, -0.2) is 27.2 Å². The van der Waals surface area contributed by atoms with E-state index in [-0.39, 0.29) is 10.7 Å². The first-order valence-electron chi connectivity index (χ1n) is 5.98. The van der Waals surface area contributed by atoms with Crippen LogP contribution in [0, 0.1) is 0 Å². The molecule has 3 nitrogen and oxygen atoms in total. The van der Waals surface area contributed by atoms with E-state index in [0.29, 0.717) is 13.0 Å². The Kier molecular flexibility index (Phi) is 3.04. The third-order valence-electron chi connectivity index (χ3n) is 3.26. The highest BCUT2D eigenvalue weighted by molar-refractivity contribution is 9.09. The molecule has 1 fully saturated rings. The van der Waals surface area contributed by atoms with Gasteiger partial charge in [-0.2, -0.15) is 0 Å². The molecule has 0 N–H and O–H groups in total. The summed E-state index contributed by atoms with van der Waals surface area (Å²) >= 11 is 3.50. The van der Waals surface area contributed by atoms with Crippen molar-refractivity contribution in [2.24, 2.45) is 0 Å². The van der Waals surface area contributed by atoms with E-state index in [1.807, 2.05) is 29.3 Å². The second-order valence-corrected chi connectivity index (χ2v) is 5.85. The molecule has 2 heterocycles. The Hall–Kier alpha value is -1.42. The zero-order chi connectivity index (χ0) is 12.5. The fraction of sp³-hybridized carbons (Fsp3) is 0.286. The number of carbonyl (C=O) groups excluding carboxylic acids is 1. The molecule has 3 rings (SSSR count). The number of aromatic nitrogens is 1. The van der Waals surface area contributed by atoms with Gasteiger partial charge in [0, 0.05) is 29.4 Å². The van der Waals surface area contributed by atoms with Crippen LogP contribution in [0.25, 0.3) is 10.8 Å². The maximum Gasteiger partial charge on any atom is 0.224 e. The van der Waals surface area contributed by atoms with Gasteiger partial charge >= 0.3 is 0 Å². The summed E-state index contributed by atoms with van der Waals surface area (Å²) < 4.78 is 0. The molecule has 92 valence electrons. The van der Waals surface area contributed by atoms with Crippen molar-refractivity contribution in [3.8, 4) is 0 Å².